The summed E-state index contributed by atoms with van der Waals surface area (Å²) in [6.45, 7) is 8.06. The minimum absolute atomic E-state index is 0.0817. The molecule has 134 valence electrons. The second kappa shape index (κ2) is 5.35. The van der Waals surface area contributed by atoms with Crippen molar-refractivity contribution in [3.63, 3.8) is 0 Å². The number of likely N-dealkylation sites (N-methyl/N-ethyl adjacent to an activating group) is 1. The molecule has 0 spiro atoms. The lowest BCUT2D eigenvalue weighted by Gasteiger charge is -2.48. The minimum Gasteiger partial charge on any atom is -0.468 e. The predicted molar refractivity (Wildman–Crippen MR) is 95.4 cm³/mol. The molecule has 3 rings (SSSR count). The molecule has 0 unspecified atom stereocenters. The highest BCUT2D eigenvalue weighted by molar-refractivity contribution is 6.04. The molecule has 5 heteroatoms. The number of benzene rings is 1. The fourth-order valence-corrected chi connectivity index (χ4v) is 5.39. The number of nitrogens with zero attached hydrogens (tertiary/aromatic N) is 1. The molecule has 0 radical (unpaired) electrons. The van der Waals surface area contributed by atoms with Crippen LogP contribution in [-0.2, 0) is 24.5 Å². The van der Waals surface area contributed by atoms with Crippen molar-refractivity contribution in [3.8, 4) is 0 Å². The molecule has 0 bridgehead atoms. The van der Waals surface area contributed by atoms with Crippen LogP contribution in [0.4, 0.5) is 5.69 Å². The topological polar surface area (TPSA) is 55.8 Å². The number of rotatable bonds is 3. The molecule has 1 heterocycles. The van der Waals surface area contributed by atoms with E-state index in [4.69, 9.17) is 9.47 Å². The zero-order chi connectivity index (χ0) is 18.6. The second-order valence-electron chi connectivity index (χ2n) is 7.29. The van der Waals surface area contributed by atoms with Crippen LogP contribution in [0.2, 0.25) is 0 Å². The molecule has 0 aromatic heterocycles. The molecule has 3 atom stereocenters. The fraction of sp³-hybridized carbons (Fsp3) is 0.500. The van der Waals surface area contributed by atoms with Gasteiger partial charge < -0.3 is 14.4 Å². The van der Waals surface area contributed by atoms with E-state index < -0.39 is 28.3 Å². The number of ether oxygens (including phenoxy) is 2. The first-order valence-electron chi connectivity index (χ1n) is 8.40. The third-order valence-electron chi connectivity index (χ3n) is 6.96. The van der Waals surface area contributed by atoms with Gasteiger partial charge in [-0.2, -0.15) is 0 Å². The minimum atomic E-state index is -1.43. The molecule has 1 aliphatic heterocycles. The van der Waals surface area contributed by atoms with Gasteiger partial charge in [-0.3, -0.25) is 9.59 Å². The van der Waals surface area contributed by atoms with Crippen LogP contribution in [0.15, 0.2) is 36.9 Å². The van der Waals surface area contributed by atoms with Gasteiger partial charge >= 0.3 is 11.9 Å². The molecule has 0 N–H and O–H groups in total. The van der Waals surface area contributed by atoms with Gasteiger partial charge in [0.05, 0.1) is 19.8 Å². The Hall–Kier alpha value is -2.30. The molecular formula is C20H25NO4. The third-order valence-corrected chi connectivity index (χ3v) is 6.96. The summed E-state index contributed by atoms with van der Waals surface area (Å²) in [4.78, 5) is 28.0. The Balaban J connectivity index is 2.39. The number of carbonyl (C=O) groups is 2. The smallest absolute Gasteiger partial charge is 0.325 e. The van der Waals surface area contributed by atoms with Crippen LogP contribution in [0.1, 0.15) is 25.8 Å². The van der Waals surface area contributed by atoms with Gasteiger partial charge in [-0.15, -0.1) is 6.58 Å². The van der Waals surface area contributed by atoms with Crippen LogP contribution in [0.3, 0.4) is 0 Å². The van der Waals surface area contributed by atoms with Crippen LogP contribution in [-0.4, -0.2) is 38.7 Å². The van der Waals surface area contributed by atoms with Gasteiger partial charge in [0, 0.05) is 18.2 Å². The zero-order valence-electron chi connectivity index (χ0n) is 15.5. The average Bonchev–Trinajstić information content (AvgIpc) is 2.96. The molecule has 1 aromatic carbocycles. The number of esters is 2. The monoisotopic (exact) mass is 343 g/mol. The maximum Gasteiger partial charge on any atom is 0.325 e. The van der Waals surface area contributed by atoms with Gasteiger partial charge in [0.1, 0.15) is 0 Å². The summed E-state index contributed by atoms with van der Waals surface area (Å²) >= 11 is 0. The van der Waals surface area contributed by atoms with Crippen LogP contribution in [0.25, 0.3) is 0 Å². The maximum absolute atomic E-state index is 13.0. The molecule has 1 fully saturated rings. The first-order chi connectivity index (χ1) is 11.8. The van der Waals surface area contributed by atoms with E-state index in [0.29, 0.717) is 6.42 Å². The Bertz CT molecular complexity index is 742. The number of anilines is 1. The van der Waals surface area contributed by atoms with Gasteiger partial charge in [0.25, 0.3) is 0 Å². The second-order valence-corrected chi connectivity index (χ2v) is 7.29. The number of hydrogen-bond donors (Lipinski definition) is 0. The lowest BCUT2D eigenvalue weighted by Crippen LogP contribution is -2.65. The number of allylic oxidation sites excluding steroid dienone is 1. The molecule has 1 aliphatic carbocycles. The summed E-state index contributed by atoms with van der Waals surface area (Å²) in [5, 5.41) is 0. The lowest BCUT2D eigenvalue weighted by molar-refractivity contribution is -0.173. The number of carbonyl (C=O) groups excluding carboxylic acids is 2. The molecule has 5 nitrogen and oxygen atoms in total. The van der Waals surface area contributed by atoms with Crippen molar-refractivity contribution in [2.75, 3.05) is 26.2 Å². The third kappa shape index (κ3) is 1.64. The predicted octanol–water partition coefficient (Wildman–Crippen LogP) is 2.69. The average molecular weight is 343 g/mol. The van der Waals surface area contributed by atoms with E-state index in [0.717, 1.165) is 11.3 Å². The number of methoxy groups -OCH3 is 2. The molecule has 1 aromatic rings. The Morgan fingerprint density at radius 2 is 1.76 bits per heavy atom. The SMILES string of the molecule is C=C[C@H]1CC(C(=O)OC)(C(=O)OC)[C@]2(C)N(C)c3ccccc3[C@]12C. The molecular weight excluding hydrogens is 318 g/mol. The lowest BCUT2D eigenvalue weighted by atomic mass is 9.61. The van der Waals surface area contributed by atoms with Crippen molar-refractivity contribution in [1.29, 1.82) is 0 Å². The fourth-order valence-electron chi connectivity index (χ4n) is 5.39. The largest absolute Gasteiger partial charge is 0.468 e. The van der Waals surface area contributed by atoms with Gasteiger partial charge in [0.2, 0.25) is 0 Å². The zero-order valence-corrected chi connectivity index (χ0v) is 15.5. The summed E-state index contributed by atoms with van der Waals surface area (Å²) in [5.74, 6) is -1.20. The molecule has 0 amide bonds. The van der Waals surface area contributed by atoms with Gasteiger partial charge in [0.15, 0.2) is 5.41 Å². The van der Waals surface area contributed by atoms with E-state index >= 15 is 0 Å². The first kappa shape index (κ1) is 17.5. The Kier molecular flexibility index (Phi) is 3.75. The molecule has 1 saturated carbocycles. The van der Waals surface area contributed by atoms with Crippen molar-refractivity contribution in [1.82, 2.24) is 0 Å². The van der Waals surface area contributed by atoms with Crippen LogP contribution >= 0.6 is 0 Å². The van der Waals surface area contributed by atoms with Gasteiger partial charge in [-0.05, 0) is 30.9 Å². The summed E-state index contributed by atoms with van der Waals surface area (Å²) in [6, 6.07) is 8.03. The Labute approximate surface area is 148 Å². The Morgan fingerprint density at radius 1 is 1.20 bits per heavy atom. The van der Waals surface area contributed by atoms with E-state index in [2.05, 4.69) is 19.6 Å². The first-order valence-corrected chi connectivity index (χ1v) is 8.40. The van der Waals surface area contributed by atoms with Gasteiger partial charge in [-0.1, -0.05) is 31.2 Å². The van der Waals surface area contributed by atoms with Crippen LogP contribution in [0.5, 0.6) is 0 Å². The van der Waals surface area contributed by atoms with Crippen molar-refractivity contribution < 1.29 is 19.1 Å². The van der Waals surface area contributed by atoms with E-state index in [1.165, 1.54) is 14.2 Å². The summed E-state index contributed by atoms with van der Waals surface area (Å²) in [5.41, 5.74) is -0.640. The maximum atomic E-state index is 13.0. The van der Waals surface area contributed by atoms with Crippen LogP contribution in [0, 0.1) is 11.3 Å². The van der Waals surface area contributed by atoms with Crippen molar-refractivity contribution in [3.05, 3.63) is 42.5 Å². The summed E-state index contributed by atoms with van der Waals surface area (Å²) in [6.07, 6.45) is 2.16. The van der Waals surface area contributed by atoms with E-state index in [9.17, 15) is 9.59 Å². The highest BCUT2D eigenvalue weighted by Gasteiger charge is 2.79. The standard InChI is InChI=1S/C20H25NO4/c1-7-13-12-20(16(22)24-5,17(23)25-6)19(3)18(13,2)14-10-8-9-11-15(14)21(19)4/h7-11,13H,1,12H2,2-6H3/t13-,18-,19+/m0/s1. The highest BCUT2D eigenvalue weighted by Crippen LogP contribution is 2.69. The molecule has 0 saturated heterocycles. The van der Waals surface area contributed by atoms with Gasteiger partial charge in [-0.25, -0.2) is 0 Å². The van der Waals surface area contributed by atoms with Crippen molar-refractivity contribution >= 4 is 17.6 Å². The number of para-hydroxylation sites is 1. The molecule has 2 aliphatic rings. The molecule has 25 heavy (non-hydrogen) atoms. The van der Waals surface area contributed by atoms with Crippen LogP contribution < -0.4 is 4.90 Å². The summed E-state index contributed by atoms with van der Waals surface area (Å²) in [7, 11) is 4.56. The van der Waals surface area contributed by atoms with E-state index in [1.54, 1.807) is 0 Å². The van der Waals surface area contributed by atoms with E-state index in [-0.39, 0.29) is 5.92 Å². The van der Waals surface area contributed by atoms with Crippen molar-refractivity contribution in [2.24, 2.45) is 11.3 Å². The summed E-state index contributed by atoms with van der Waals surface area (Å²) < 4.78 is 10.2. The normalized spacial score (nSPS) is 31.9. The number of hydrogen-bond acceptors (Lipinski definition) is 5. The number of fused-ring (bicyclic) bond motifs is 3. The van der Waals surface area contributed by atoms with Crippen molar-refractivity contribution in [2.45, 2.75) is 31.2 Å². The van der Waals surface area contributed by atoms with E-state index in [1.807, 2.05) is 43.1 Å². The Morgan fingerprint density at radius 3 is 2.28 bits per heavy atom. The highest BCUT2D eigenvalue weighted by atomic mass is 16.5. The quantitative estimate of drug-likeness (QED) is 0.480.